The van der Waals surface area contributed by atoms with Gasteiger partial charge in [-0.05, 0) is 11.6 Å². The van der Waals surface area contributed by atoms with Crippen LogP contribution in [-0.2, 0) is 4.79 Å². The average molecular weight is 233 g/mol. The minimum absolute atomic E-state index is 0.240. The van der Waals surface area contributed by atoms with Gasteiger partial charge in [-0.15, -0.1) is 0 Å². The van der Waals surface area contributed by atoms with E-state index >= 15 is 0 Å². The fraction of sp³-hybridized carbons (Fsp3) is 0.286. The van der Waals surface area contributed by atoms with E-state index in [9.17, 15) is 25.0 Å². The van der Waals surface area contributed by atoms with Gasteiger partial charge in [0.1, 0.15) is 16.3 Å². The van der Waals surface area contributed by atoms with Gasteiger partial charge < -0.3 is 0 Å². The molecule has 0 spiro atoms. The summed E-state index contributed by atoms with van der Waals surface area (Å²) in [5, 5.41) is 20.3. The highest BCUT2D eigenvalue weighted by atomic mass is 35.5. The van der Waals surface area contributed by atoms with E-state index in [2.05, 4.69) is 0 Å². The summed E-state index contributed by atoms with van der Waals surface area (Å²) in [5.41, 5.74) is -2.72. The molecule has 7 nitrogen and oxygen atoms in total. The van der Waals surface area contributed by atoms with E-state index in [4.69, 9.17) is 11.6 Å². The Morgan fingerprint density at radius 2 is 1.93 bits per heavy atom. The van der Waals surface area contributed by atoms with Crippen LogP contribution in [0.3, 0.4) is 0 Å². The van der Waals surface area contributed by atoms with Gasteiger partial charge in [0.25, 0.3) is 5.24 Å². The number of carbonyl (C=O) groups is 1. The number of halogens is 1. The van der Waals surface area contributed by atoms with Crippen molar-refractivity contribution in [2.75, 3.05) is 0 Å². The minimum Gasteiger partial charge on any atom is -0.276 e. The summed E-state index contributed by atoms with van der Waals surface area (Å²) < 4.78 is 0. The zero-order valence-corrected chi connectivity index (χ0v) is 8.01. The minimum atomic E-state index is -2.48. The summed E-state index contributed by atoms with van der Waals surface area (Å²) in [4.78, 5) is 29.9. The van der Waals surface area contributed by atoms with E-state index in [-0.39, 0.29) is 5.57 Å². The molecule has 0 unspecified atom stereocenters. The first-order chi connectivity index (χ1) is 6.90. The van der Waals surface area contributed by atoms with Gasteiger partial charge in [0, 0.05) is 5.57 Å². The van der Waals surface area contributed by atoms with Gasteiger partial charge in [0.15, 0.2) is 0 Å². The molecule has 0 fully saturated rings. The highest BCUT2D eigenvalue weighted by Gasteiger charge is 2.54. The predicted molar refractivity (Wildman–Crippen MR) is 49.4 cm³/mol. The molecule has 0 aromatic carbocycles. The van der Waals surface area contributed by atoms with Crippen LogP contribution in [0.1, 0.15) is 6.42 Å². The van der Waals surface area contributed by atoms with Gasteiger partial charge in [-0.2, -0.15) is 0 Å². The number of hydrogen-bond acceptors (Lipinski definition) is 5. The average Bonchev–Trinajstić information content (AvgIpc) is 2.17. The van der Waals surface area contributed by atoms with Crippen LogP contribution in [0.25, 0.3) is 0 Å². The molecule has 0 N–H and O–H groups in total. The largest absolute Gasteiger partial charge is 0.482 e. The molecular formula is C7H5ClN2O5. The van der Waals surface area contributed by atoms with Crippen molar-refractivity contribution in [3.8, 4) is 0 Å². The summed E-state index contributed by atoms with van der Waals surface area (Å²) in [7, 11) is 0. The number of rotatable bonds is 3. The SMILES string of the molecule is O=C(Cl)C1=CC([N+](=O)[O-])([N+](=O)[O-])CC=C1. The number of hydrogen-bond donors (Lipinski definition) is 0. The lowest BCUT2D eigenvalue weighted by Gasteiger charge is -2.15. The van der Waals surface area contributed by atoms with E-state index in [1.165, 1.54) is 12.2 Å². The van der Waals surface area contributed by atoms with Crippen molar-refractivity contribution in [3.63, 3.8) is 0 Å². The standard InChI is InChI=1S/C7H5ClN2O5/c8-6(11)5-2-1-3-7(4-5,9(12)13)10(14)15/h1-2,4H,3H2. The quantitative estimate of drug-likeness (QED) is 0.311. The molecule has 0 aromatic heterocycles. The Balaban J connectivity index is 3.25. The summed E-state index contributed by atoms with van der Waals surface area (Å²) in [5.74, 6) is 0. The fourth-order valence-corrected chi connectivity index (χ4v) is 1.28. The summed E-state index contributed by atoms with van der Waals surface area (Å²) >= 11 is 5.09. The van der Waals surface area contributed by atoms with Crippen LogP contribution in [0.2, 0.25) is 0 Å². The molecule has 0 heterocycles. The van der Waals surface area contributed by atoms with Crippen LogP contribution in [0.5, 0.6) is 0 Å². The van der Waals surface area contributed by atoms with Gasteiger partial charge in [0.2, 0.25) is 0 Å². The zero-order chi connectivity index (χ0) is 11.6. The third kappa shape index (κ3) is 1.86. The van der Waals surface area contributed by atoms with Crippen LogP contribution in [0, 0.1) is 20.2 Å². The lowest BCUT2D eigenvalue weighted by atomic mass is 9.98. The van der Waals surface area contributed by atoms with Crippen molar-refractivity contribution in [1.29, 1.82) is 0 Å². The lowest BCUT2D eigenvalue weighted by Crippen LogP contribution is -2.45. The molecule has 1 aliphatic carbocycles. The van der Waals surface area contributed by atoms with Gasteiger partial charge in [-0.25, -0.2) is 0 Å². The molecule has 0 bridgehead atoms. The molecule has 80 valence electrons. The zero-order valence-electron chi connectivity index (χ0n) is 7.25. The highest BCUT2D eigenvalue weighted by molar-refractivity contribution is 6.68. The molecule has 0 radical (unpaired) electrons. The second kappa shape index (κ2) is 3.77. The Hall–Kier alpha value is -1.76. The first-order valence-corrected chi connectivity index (χ1v) is 4.16. The Morgan fingerprint density at radius 3 is 2.33 bits per heavy atom. The normalized spacial score (nSPS) is 18.1. The van der Waals surface area contributed by atoms with Crippen molar-refractivity contribution in [1.82, 2.24) is 0 Å². The predicted octanol–water partition coefficient (Wildman–Crippen LogP) is 0.888. The molecule has 0 saturated heterocycles. The molecule has 0 amide bonds. The second-order valence-electron chi connectivity index (χ2n) is 2.87. The fourth-order valence-electron chi connectivity index (χ4n) is 1.16. The summed E-state index contributed by atoms with van der Waals surface area (Å²) in [6.07, 6.45) is 2.67. The monoisotopic (exact) mass is 232 g/mol. The summed E-state index contributed by atoms with van der Waals surface area (Å²) in [6, 6.07) is 0. The number of carbonyl (C=O) groups excluding carboxylic acids is 1. The Morgan fingerprint density at radius 1 is 1.40 bits per heavy atom. The van der Waals surface area contributed by atoms with Gasteiger partial charge in [0.05, 0.1) is 6.08 Å². The third-order valence-electron chi connectivity index (χ3n) is 1.96. The van der Waals surface area contributed by atoms with Gasteiger partial charge in [-0.1, -0.05) is 12.2 Å². The number of nitrogens with zero attached hydrogens (tertiary/aromatic N) is 2. The smallest absolute Gasteiger partial charge is 0.276 e. The van der Waals surface area contributed by atoms with Crippen LogP contribution >= 0.6 is 11.6 Å². The second-order valence-corrected chi connectivity index (χ2v) is 3.22. The summed E-state index contributed by atoms with van der Waals surface area (Å²) in [6.45, 7) is 0. The first-order valence-electron chi connectivity index (χ1n) is 3.78. The van der Waals surface area contributed by atoms with Crippen LogP contribution in [0.4, 0.5) is 0 Å². The van der Waals surface area contributed by atoms with Crippen molar-refractivity contribution in [2.45, 2.75) is 12.1 Å². The van der Waals surface area contributed by atoms with Gasteiger partial charge >= 0.3 is 5.66 Å². The van der Waals surface area contributed by atoms with Crippen molar-refractivity contribution >= 4 is 16.8 Å². The lowest BCUT2D eigenvalue weighted by molar-refractivity contribution is -0.780. The molecule has 1 rings (SSSR count). The molecular weight excluding hydrogens is 228 g/mol. The van der Waals surface area contributed by atoms with E-state index < -0.39 is 27.2 Å². The molecule has 15 heavy (non-hydrogen) atoms. The van der Waals surface area contributed by atoms with E-state index in [0.29, 0.717) is 6.08 Å². The topological polar surface area (TPSA) is 103 Å². The molecule has 0 aliphatic heterocycles. The maximum Gasteiger partial charge on any atom is 0.482 e. The van der Waals surface area contributed by atoms with Crippen molar-refractivity contribution < 1.29 is 14.6 Å². The number of allylic oxidation sites excluding steroid dienone is 2. The Labute approximate surface area is 88.3 Å². The maximum atomic E-state index is 10.7. The molecule has 8 heteroatoms. The molecule has 1 aliphatic rings. The Kier molecular flexibility index (Phi) is 2.85. The molecule has 0 atom stereocenters. The van der Waals surface area contributed by atoms with Crippen molar-refractivity contribution in [2.24, 2.45) is 0 Å². The maximum absolute atomic E-state index is 10.7. The molecule has 0 aromatic rings. The van der Waals surface area contributed by atoms with Crippen LogP contribution in [-0.4, -0.2) is 20.8 Å². The van der Waals surface area contributed by atoms with E-state index in [1.54, 1.807) is 0 Å². The first kappa shape index (κ1) is 11.3. The van der Waals surface area contributed by atoms with Crippen LogP contribution < -0.4 is 0 Å². The van der Waals surface area contributed by atoms with E-state index in [1.807, 2.05) is 0 Å². The van der Waals surface area contributed by atoms with E-state index in [0.717, 1.165) is 0 Å². The van der Waals surface area contributed by atoms with Crippen molar-refractivity contribution in [3.05, 3.63) is 44.0 Å². The Bertz CT molecular complexity index is 386. The highest BCUT2D eigenvalue weighted by Crippen LogP contribution is 2.26. The molecule has 0 saturated carbocycles. The van der Waals surface area contributed by atoms with Crippen LogP contribution in [0.15, 0.2) is 23.8 Å². The van der Waals surface area contributed by atoms with Gasteiger partial charge in [-0.3, -0.25) is 25.0 Å². The third-order valence-corrected chi connectivity index (χ3v) is 2.18. The number of nitro groups is 2.